The van der Waals surface area contributed by atoms with Gasteiger partial charge in [0.2, 0.25) is 0 Å². The number of rotatable bonds is 3. The van der Waals surface area contributed by atoms with Crippen LogP contribution in [0, 0.1) is 22.7 Å². The molecule has 2 aliphatic rings. The lowest BCUT2D eigenvalue weighted by Gasteiger charge is -2.38. The molecule has 136 valence electrons. The van der Waals surface area contributed by atoms with Crippen LogP contribution in [0.3, 0.4) is 0 Å². The maximum atomic E-state index is 13.0. The molecular weight excluding hydrogens is 328 g/mol. The highest BCUT2D eigenvalue weighted by atomic mass is 16.5. The van der Waals surface area contributed by atoms with Crippen LogP contribution in [0.4, 0.5) is 0 Å². The summed E-state index contributed by atoms with van der Waals surface area (Å²) in [5.74, 6) is 0.502. The predicted octanol–water partition coefficient (Wildman–Crippen LogP) is 4.04. The van der Waals surface area contributed by atoms with Crippen LogP contribution in [-0.4, -0.2) is 25.7 Å². The Morgan fingerprint density at radius 1 is 1.23 bits per heavy atom. The average Bonchev–Trinajstić information content (AvgIpc) is 2.58. The van der Waals surface area contributed by atoms with Gasteiger partial charge in [0.25, 0.3) is 0 Å². The van der Waals surface area contributed by atoms with Gasteiger partial charge < -0.3 is 9.47 Å². The highest BCUT2D eigenvalue weighted by Crippen LogP contribution is 2.49. The Bertz CT molecular complexity index is 858. The van der Waals surface area contributed by atoms with Crippen molar-refractivity contribution in [3.8, 4) is 17.6 Å². The first-order valence-electron chi connectivity index (χ1n) is 8.74. The standard InChI is InChI=1S/C21H24N2O3/c1-12-15(11-22)19(14-8-13(25-4)6-7-18(14)26-5)20-16(23-12)9-21(2,3)10-17(20)24/h6-8,15,19H,9-10H2,1-5H3. The fraction of sp³-hybridized carbons (Fsp3) is 0.476. The van der Waals surface area contributed by atoms with E-state index in [2.05, 4.69) is 24.9 Å². The molecule has 5 nitrogen and oxygen atoms in total. The second-order valence-electron chi connectivity index (χ2n) is 7.75. The summed E-state index contributed by atoms with van der Waals surface area (Å²) in [5, 5.41) is 9.83. The van der Waals surface area contributed by atoms with Gasteiger partial charge in [-0.05, 0) is 37.0 Å². The summed E-state index contributed by atoms with van der Waals surface area (Å²) < 4.78 is 10.9. The zero-order valence-electron chi connectivity index (χ0n) is 15.9. The average molecular weight is 352 g/mol. The van der Waals surface area contributed by atoms with Gasteiger partial charge in [-0.2, -0.15) is 5.26 Å². The molecule has 1 aliphatic carbocycles. The number of methoxy groups -OCH3 is 2. The molecular formula is C21H24N2O3. The lowest BCUT2D eigenvalue weighted by molar-refractivity contribution is -0.118. The third kappa shape index (κ3) is 3.01. The van der Waals surface area contributed by atoms with Crippen LogP contribution in [0.1, 0.15) is 45.1 Å². The van der Waals surface area contributed by atoms with Crippen LogP contribution in [0.5, 0.6) is 11.5 Å². The number of aliphatic imine (C=N–C) groups is 1. The maximum Gasteiger partial charge on any atom is 0.161 e. The normalized spacial score (nSPS) is 24.5. The predicted molar refractivity (Wildman–Crippen MR) is 99.5 cm³/mol. The summed E-state index contributed by atoms with van der Waals surface area (Å²) in [7, 11) is 3.19. The Kier molecular flexibility index (Phi) is 4.62. The number of benzene rings is 1. The maximum absolute atomic E-state index is 13.0. The minimum atomic E-state index is -0.500. The number of carbonyl (C=O) groups is 1. The molecule has 0 radical (unpaired) electrons. The van der Waals surface area contributed by atoms with Gasteiger partial charge >= 0.3 is 0 Å². The number of Topliss-reactive ketones (excluding diaryl/α,β-unsaturated/α-hetero) is 1. The van der Waals surface area contributed by atoms with Gasteiger partial charge in [-0.1, -0.05) is 13.8 Å². The molecule has 2 atom stereocenters. The van der Waals surface area contributed by atoms with E-state index < -0.39 is 5.92 Å². The van der Waals surface area contributed by atoms with E-state index in [-0.39, 0.29) is 17.1 Å². The third-order valence-electron chi connectivity index (χ3n) is 5.21. The van der Waals surface area contributed by atoms with Crippen LogP contribution >= 0.6 is 0 Å². The first kappa shape index (κ1) is 18.2. The zero-order valence-corrected chi connectivity index (χ0v) is 15.9. The van der Waals surface area contributed by atoms with E-state index in [0.29, 0.717) is 23.5 Å². The van der Waals surface area contributed by atoms with Crippen molar-refractivity contribution in [2.45, 2.75) is 39.5 Å². The van der Waals surface area contributed by atoms with Gasteiger partial charge in [0.05, 0.1) is 26.2 Å². The molecule has 2 unspecified atom stereocenters. The number of ketones is 1. The first-order chi connectivity index (χ1) is 12.3. The summed E-state index contributed by atoms with van der Waals surface area (Å²) in [6.07, 6.45) is 1.19. The van der Waals surface area contributed by atoms with E-state index in [4.69, 9.17) is 9.47 Å². The van der Waals surface area contributed by atoms with Crippen molar-refractivity contribution in [2.24, 2.45) is 16.3 Å². The van der Waals surface area contributed by atoms with E-state index in [9.17, 15) is 10.1 Å². The highest BCUT2D eigenvalue weighted by Gasteiger charge is 2.44. The quantitative estimate of drug-likeness (QED) is 0.823. The van der Waals surface area contributed by atoms with Crippen LogP contribution in [0.15, 0.2) is 34.5 Å². The summed E-state index contributed by atoms with van der Waals surface area (Å²) in [4.78, 5) is 17.7. The summed E-state index contributed by atoms with van der Waals surface area (Å²) in [6.45, 7) is 6.03. The Hall–Kier alpha value is -2.61. The Balaban J connectivity index is 2.24. The lowest BCUT2D eigenvalue weighted by Crippen LogP contribution is -2.35. The smallest absolute Gasteiger partial charge is 0.161 e. The molecule has 0 bridgehead atoms. The van der Waals surface area contributed by atoms with Crippen molar-refractivity contribution >= 4 is 11.5 Å². The molecule has 0 fully saturated rings. The Labute approximate surface area is 154 Å². The van der Waals surface area contributed by atoms with Gasteiger partial charge in [-0.3, -0.25) is 9.79 Å². The van der Waals surface area contributed by atoms with Crippen molar-refractivity contribution in [1.29, 1.82) is 5.26 Å². The molecule has 1 heterocycles. The monoisotopic (exact) mass is 352 g/mol. The largest absolute Gasteiger partial charge is 0.497 e. The Morgan fingerprint density at radius 2 is 1.96 bits per heavy atom. The van der Waals surface area contributed by atoms with Crippen molar-refractivity contribution in [3.05, 3.63) is 35.0 Å². The third-order valence-corrected chi connectivity index (χ3v) is 5.21. The molecule has 26 heavy (non-hydrogen) atoms. The topological polar surface area (TPSA) is 71.7 Å². The van der Waals surface area contributed by atoms with Gasteiger partial charge in [-0.15, -0.1) is 0 Å². The summed E-state index contributed by atoms with van der Waals surface area (Å²) in [5.41, 5.74) is 2.89. The number of nitriles is 1. The SMILES string of the molecule is COc1ccc(OC)c(C2C3=C(CC(C)(C)CC3=O)N=C(C)C2C#N)c1. The van der Waals surface area contributed by atoms with Crippen molar-refractivity contribution in [2.75, 3.05) is 14.2 Å². The number of carbonyl (C=O) groups excluding carboxylic acids is 1. The zero-order chi connectivity index (χ0) is 19.1. The van der Waals surface area contributed by atoms with E-state index in [1.54, 1.807) is 14.2 Å². The number of allylic oxidation sites excluding steroid dienone is 2. The fourth-order valence-corrected chi connectivity index (χ4v) is 4.03. The molecule has 1 aromatic carbocycles. The molecule has 1 aliphatic heterocycles. The van der Waals surface area contributed by atoms with E-state index in [0.717, 1.165) is 23.4 Å². The minimum absolute atomic E-state index is 0.0719. The molecule has 3 rings (SSSR count). The van der Waals surface area contributed by atoms with Crippen LogP contribution < -0.4 is 9.47 Å². The first-order valence-corrected chi connectivity index (χ1v) is 8.74. The lowest BCUT2D eigenvalue weighted by atomic mass is 9.67. The van der Waals surface area contributed by atoms with Gasteiger partial charge in [0, 0.05) is 34.9 Å². The van der Waals surface area contributed by atoms with E-state index in [1.165, 1.54) is 0 Å². The molecule has 0 saturated carbocycles. The van der Waals surface area contributed by atoms with E-state index >= 15 is 0 Å². The molecule has 5 heteroatoms. The molecule has 0 aromatic heterocycles. The molecule has 0 saturated heterocycles. The van der Waals surface area contributed by atoms with Crippen LogP contribution in [0.25, 0.3) is 0 Å². The summed E-state index contributed by atoms with van der Waals surface area (Å²) >= 11 is 0. The molecule has 0 N–H and O–H groups in total. The molecule has 1 aromatic rings. The molecule has 0 amide bonds. The number of hydrogen-bond acceptors (Lipinski definition) is 5. The van der Waals surface area contributed by atoms with Crippen LogP contribution in [-0.2, 0) is 4.79 Å². The van der Waals surface area contributed by atoms with Gasteiger partial charge in [0.15, 0.2) is 5.78 Å². The number of hydrogen-bond donors (Lipinski definition) is 0. The van der Waals surface area contributed by atoms with Gasteiger partial charge in [0.1, 0.15) is 11.5 Å². The van der Waals surface area contributed by atoms with Crippen molar-refractivity contribution in [3.63, 3.8) is 0 Å². The minimum Gasteiger partial charge on any atom is -0.497 e. The van der Waals surface area contributed by atoms with E-state index in [1.807, 2.05) is 25.1 Å². The second kappa shape index (κ2) is 6.60. The van der Waals surface area contributed by atoms with Crippen LogP contribution in [0.2, 0.25) is 0 Å². The second-order valence-corrected chi connectivity index (χ2v) is 7.75. The summed E-state index contributed by atoms with van der Waals surface area (Å²) in [6, 6.07) is 7.85. The Morgan fingerprint density at radius 3 is 2.58 bits per heavy atom. The fourth-order valence-electron chi connectivity index (χ4n) is 4.03. The molecule has 0 spiro atoms. The van der Waals surface area contributed by atoms with Crippen molar-refractivity contribution < 1.29 is 14.3 Å². The highest BCUT2D eigenvalue weighted by molar-refractivity contribution is 6.03. The van der Waals surface area contributed by atoms with Crippen molar-refractivity contribution in [1.82, 2.24) is 0 Å². The van der Waals surface area contributed by atoms with Gasteiger partial charge in [-0.25, -0.2) is 0 Å². The number of nitrogens with zero attached hydrogens (tertiary/aromatic N) is 2. The number of ether oxygens (including phenoxy) is 2.